The molecule has 0 aromatic carbocycles. The molecule has 1 atom stereocenters. The number of hydrogen-bond acceptors (Lipinski definition) is 4. The number of nitrogens with zero attached hydrogens (tertiary/aromatic N) is 2. The number of ether oxygens (including phenoxy) is 2. The summed E-state index contributed by atoms with van der Waals surface area (Å²) in [6.45, 7) is 2.71. The summed E-state index contributed by atoms with van der Waals surface area (Å²) in [5.41, 5.74) is -0.720. The SMILES string of the molecule is FC(F)(F)c1ccc(N2CCCC(C3OCCO3)C2)nc1. The van der Waals surface area contributed by atoms with E-state index in [1.54, 1.807) is 0 Å². The number of rotatable bonds is 2. The van der Waals surface area contributed by atoms with E-state index in [2.05, 4.69) is 4.98 Å². The van der Waals surface area contributed by atoms with Crippen molar-refractivity contribution < 1.29 is 22.6 Å². The van der Waals surface area contributed by atoms with Gasteiger partial charge in [0.1, 0.15) is 5.82 Å². The van der Waals surface area contributed by atoms with E-state index in [-0.39, 0.29) is 12.2 Å². The normalized spacial score (nSPS) is 24.5. The van der Waals surface area contributed by atoms with Crippen molar-refractivity contribution >= 4 is 5.82 Å². The Hall–Kier alpha value is -1.34. The molecule has 3 heterocycles. The lowest BCUT2D eigenvalue weighted by Gasteiger charge is -2.35. The smallest absolute Gasteiger partial charge is 0.356 e. The van der Waals surface area contributed by atoms with Gasteiger partial charge in [-0.3, -0.25) is 0 Å². The molecule has 2 saturated heterocycles. The molecular weight excluding hydrogens is 285 g/mol. The predicted molar refractivity (Wildman–Crippen MR) is 69.9 cm³/mol. The first kappa shape index (κ1) is 14.6. The molecular formula is C14H17F3N2O2. The van der Waals surface area contributed by atoms with E-state index < -0.39 is 11.7 Å². The molecule has 4 nitrogen and oxygen atoms in total. The Kier molecular flexibility index (Phi) is 4.03. The maximum atomic E-state index is 12.5. The molecule has 0 radical (unpaired) electrons. The standard InChI is InChI=1S/C14H17F3N2O2/c15-14(16,17)11-3-4-12(18-8-11)19-5-1-2-10(9-19)13-20-6-7-21-13/h3-4,8,10,13H,1-2,5-7,9H2. The van der Waals surface area contributed by atoms with E-state index in [4.69, 9.17) is 9.47 Å². The van der Waals surface area contributed by atoms with Crippen LogP contribution in [-0.2, 0) is 15.7 Å². The minimum absolute atomic E-state index is 0.192. The van der Waals surface area contributed by atoms with Crippen molar-refractivity contribution in [3.63, 3.8) is 0 Å². The van der Waals surface area contributed by atoms with E-state index >= 15 is 0 Å². The molecule has 1 unspecified atom stereocenters. The lowest BCUT2D eigenvalue weighted by atomic mass is 9.97. The van der Waals surface area contributed by atoms with Crippen LogP contribution in [0.5, 0.6) is 0 Å². The molecule has 0 amide bonds. The first-order chi connectivity index (χ1) is 10.0. The van der Waals surface area contributed by atoms with Crippen molar-refractivity contribution in [3.05, 3.63) is 23.9 Å². The summed E-state index contributed by atoms with van der Waals surface area (Å²) >= 11 is 0. The van der Waals surface area contributed by atoms with Gasteiger partial charge in [0.05, 0.1) is 18.8 Å². The van der Waals surface area contributed by atoms with Crippen molar-refractivity contribution in [2.75, 3.05) is 31.2 Å². The molecule has 0 bridgehead atoms. The lowest BCUT2D eigenvalue weighted by Crippen LogP contribution is -2.41. The number of hydrogen-bond donors (Lipinski definition) is 0. The molecule has 116 valence electrons. The maximum Gasteiger partial charge on any atom is 0.417 e. The monoisotopic (exact) mass is 302 g/mol. The van der Waals surface area contributed by atoms with Gasteiger partial charge in [0.25, 0.3) is 0 Å². The molecule has 1 aromatic heterocycles. The molecule has 2 aliphatic heterocycles. The van der Waals surface area contributed by atoms with Gasteiger partial charge in [-0.05, 0) is 25.0 Å². The Morgan fingerprint density at radius 3 is 2.57 bits per heavy atom. The zero-order chi connectivity index (χ0) is 14.9. The average Bonchev–Trinajstić information content (AvgIpc) is 3.01. The van der Waals surface area contributed by atoms with Gasteiger partial charge in [0, 0.05) is 25.2 Å². The predicted octanol–water partition coefficient (Wildman–Crippen LogP) is 2.69. The molecule has 1 aromatic rings. The number of halogens is 3. The molecule has 3 rings (SSSR count). The Morgan fingerprint density at radius 2 is 1.95 bits per heavy atom. The van der Waals surface area contributed by atoms with Gasteiger partial charge in [-0.15, -0.1) is 0 Å². The quantitative estimate of drug-likeness (QED) is 0.841. The van der Waals surface area contributed by atoms with Gasteiger partial charge in [-0.2, -0.15) is 13.2 Å². The number of piperidine rings is 1. The molecule has 2 fully saturated rings. The van der Waals surface area contributed by atoms with E-state index in [1.165, 1.54) is 6.07 Å². The molecule has 21 heavy (non-hydrogen) atoms. The van der Waals surface area contributed by atoms with Gasteiger partial charge in [0.2, 0.25) is 0 Å². The van der Waals surface area contributed by atoms with E-state index in [9.17, 15) is 13.2 Å². The summed E-state index contributed by atoms with van der Waals surface area (Å²) in [7, 11) is 0. The lowest BCUT2D eigenvalue weighted by molar-refractivity contribution is -0.137. The highest BCUT2D eigenvalue weighted by Crippen LogP contribution is 2.31. The third kappa shape index (κ3) is 3.29. The van der Waals surface area contributed by atoms with Crippen molar-refractivity contribution in [1.82, 2.24) is 4.98 Å². The maximum absolute atomic E-state index is 12.5. The van der Waals surface area contributed by atoms with Crippen LogP contribution in [0.2, 0.25) is 0 Å². The van der Waals surface area contributed by atoms with Crippen molar-refractivity contribution in [3.8, 4) is 0 Å². The molecule has 0 spiro atoms. The van der Waals surface area contributed by atoms with Gasteiger partial charge in [-0.25, -0.2) is 4.98 Å². The van der Waals surface area contributed by atoms with Crippen LogP contribution >= 0.6 is 0 Å². The third-order valence-corrected chi connectivity index (χ3v) is 3.89. The highest BCUT2D eigenvalue weighted by molar-refractivity contribution is 5.40. The third-order valence-electron chi connectivity index (χ3n) is 3.89. The Morgan fingerprint density at radius 1 is 1.19 bits per heavy atom. The highest BCUT2D eigenvalue weighted by Gasteiger charge is 2.33. The van der Waals surface area contributed by atoms with E-state index in [0.29, 0.717) is 25.6 Å². The topological polar surface area (TPSA) is 34.6 Å². The first-order valence-electron chi connectivity index (χ1n) is 7.05. The number of aromatic nitrogens is 1. The zero-order valence-electron chi connectivity index (χ0n) is 11.5. The van der Waals surface area contributed by atoms with Crippen LogP contribution in [0.4, 0.5) is 19.0 Å². The van der Waals surface area contributed by atoms with Crippen LogP contribution in [0.25, 0.3) is 0 Å². The fraction of sp³-hybridized carbons (Fsp3) is 0.643. The summed E-state index contributed by atoms with van der Waals surface area (Å²) in [5.74, 6) is 0.816. The van der Waals surface area contributed by atoms with Crippen LogP contribution in [0.3, 0.4) is 0 Å². The minimum Gasteiger partial charge on any atom is -0.356 e. The Balaban J connectivity index is 1.68. The minimum atomic E-state index is -4.35. The molecule has 0 N–H and O–H groups in total. The Bertz CT molecular complexity index is 472. The second-order valence-electron chi connectivity index (χ2n) is 5.36. The second kappa shape index (κ2) is 5.81. The fourth-order valence-electron chi connectivity index (χ4n) is 2.83. The van der Waals surface area contributed by atoms with E-state index in [0.717, 1.165) is 31.6 Å². The average molecular weight is 302 g/mol. The van der Waals surface area contributed by atoms with E-state index in [1.807, 2.05) is 4.90 Å². The summed E-state index contributed by atoms with van der Waals surface area (Å²) in [4.78, 5) is 5.95. The summed E-state index contributed by atoms with van der Waals surface area (Å²) in [6.07, 6.45) is -1.69. The molecule has 7 heteroatoms. The van der Waals surface area contributed by atoms with Gasteiger partial charge >= 0.3 is 6.18 Å². The highest BCUT2D eigenvalue weighted by atomic mass is 19.4. The molecule has 0 saturated carbocycles. The van der Waals surface area contributed by atoms with Crippen molar-refractivity contribution in [2.24, 2.45) is 5.92 Å². The number of pyridine rings is 1. The van der Waals surface area contributed by atoms with Crippen LogP contribution in [0.1, 0.15) is 18.4 Å². The first-order valence-corrected chi connectivity index (χ1v) is 7.05. The Labute approximate surface area is 120 Å². The molecule has 2 aliphatic rings. The van der Waals surface area contributed by atoms with Gasteiger partial charge in [-0.1, -0.05) is 0 Å². The van der Waals surface area contributed by atoms with Crippen molar-refractivity contribution in [1.29, 1.82) is 0 Å². The van der Waals surface area contributed by atoms with Crippen LogP contribution < -0.4 is 4.90 Å². The fourth-order valence-corrected chi connectivity index (χ4v) is 2.83. The summed E-state index contributed by atoms with van der Waals surface area (Å²) in [5, 5.41) is 0. The van der Waals surface area contributed by atoms with Crippen molar-refractivity contribution in [2.45, 2.75) is 25.3 Å². The van der Waals surface area contributed by atoms with Crippen LogP contribution in [0, 0.1) is 5.92 Å². The van der Waals surface area contributed by atoms with Crippen LogP contribution in [0.15, 0.2) is 18.3 Å². The number of anilines is 1. The zero-order valence-corrected chi connectivity index (χ0v) is 11.5. The summed E-state index contributed by atoms with van der Waals surface area (Å²) < 4.78 is 48.7. The summed E-state index contributed by atoms with van der Waals surface area (Å²) in [6, 6.07) is 2.51. The largest absolute Gasteiger partial charge is 0.417 e. The van der Waals surface area contributed by atoms with Gasteiger partial charge in [0.15, 0.2) is 6.29 Å². The molecule has 0 aliphatic carbocycles. The number of alkyl halides is 3. The van der Waals surface area contributed by atoms with Crippen LogP contribution in [-0.4, -0.2) is 37.6 Å². The second-order valence-corrected chi connectivity index (χ2v) is 5.36. The van der Waals surface area contributed by atoms with Gasteiger partial charge < -0.3 is 14.4 Å².